The first-order chi connectivity index (χ1) is 8.76. The molecule has 1 rings (SSSR count). The van der Waals surface area contributed by atoms with Crippen molar-refractivity contribution in [1.82, 2.24) is 0 Å². The lowest BCUT2D eigenvalue weighted by Crippen LogP contribution is -2.13. The second kappa shape index (κ2) is 5.70. The Balaban J connectivity index is 2.82. The summed E-state index contributed by atoms with van der Waals surface area (Å²) in [5.74, 6) is 0.506. The number of nitro benzene ring substituents is 1. The standard InChI is InChI=1S/C14H18N2O3/c1-10-7-11(2)13(8-12(10)16(17)18)19-6-5-14(3,4)9-15/h7-8H,5-6H2,1-4H3. The number of rotatable bonds is 5. The topological polar surface area (TPSA) is 76.2 Å². The molecule has 19 heavy (non-hydrogen) atoms. The summed E-state index contributed by atoms with van der Waals surface area (Å²) in [6.45, 7) is 7.58. The third kappa shape index (κ3) is 3.95. The molecule has 0 heterocycles. The van der Waals surface area contributed by atoms with Gasteiger partial charge in [-0.1, -0.05) is 0 Å². The van der Waals surface area contributed by atoms with E-state index in [1.165, 1.54) is 6.07 Å². The van der Waals surface area contributed by atoms with Crippen molar-refractivity contribution in [2.24, 2.45) is 5.41 Å². The Hall–Kier alpha value is -2.09. The Labute approximate surface area is 113 Å². The summed E-state index contributed by atoms with van der Waals surface area (Å²) < 4.78 is 5.56. The summed E-state index contributed by atoms with van der Waals surface area (Å²) in [6, 6.07) is 5.38. The van der Waals surface area contributed by atoms with Crippen molar-refractivity contribution in [1.29, 1.82) is 5.26 Å². The van der Waals surface area contributed by atoms with Gasteiger partial charge in [-0.25, -0.2) is 0 Å². The minimum Gasteiger partial charge on any atom is -0.493 e. The number of nitro groups is 1. The van der Waals surface area contributed by atoms with Gasteiger partial charge < -0.3 is 4.74 Å². The van der Waals surface area contributed by atoms with Gasteiger partial charge in [0.1, 0.15) is 5.75 Å². The first-order valence-corrected chi connectivity index (χ1v) is 6.06. The van der Waals surface area contributed by atoms with Crippen molar-refractivity contribution in [3.8, 4) is 11.8 Å². The maximum absolute atomic E-state index is 10.9. The monoisotopic (exact) mass is 262 g/mol. The highest BCUT2D eigenvalue weighted by Gasteiger charge is 2.18. The van der Waals surface area contributed by atoms with Gasteiger partial charge in [0.05, 0.1) is 29.1 Å². The zero-order valence-corrected chi connectivity index (χ0v) is 11.7. The van der Waals surface area contributed by atoms with Crippen LogP contribution in [0.2, 0.25) is 0 Å². The van der Waals surface area contributed by atoms with Crippen molar-refractivity contribution in [3.05, 3.63) is 33.4 Å². The average molecular weight is 262 g/mol. The summed E-state index contributed by atoms with van der Waals surface area (Å²) in [6.07, 6.45) is 0.574. The van der Waals surface area contributed by atoms with Crippen molar-refractivity contribution in [2.75, 3.05) is 6.61 Å². The van der Waals surface area contributed by atoms with Gasteiger partial charge in [0.2, 0.25) is 0 Å². The molecule has 0 saturated heterocycles. The van der Waals surface area contributed by atoms with E-state index >= 15 is 0 Å². The molecule has 1 aromatic rings. The van der Waals surface area contributed by atoms with Crippen LogP contribution in [0.4, 0.5) is 5.69 Å². The molecule has 0 bridgehead atoms. The van der Waals surface area contributed by atoms with Gasteiger partial charge in [0.15, 0.2) is 0 Å². The molecule has 0 aliphatic heterocycles. The predicted molar refractivity (Wildman–Crippen MR) is 72.1 cm³/mol. The van der Waals surface area contributed by atoms with E-state index in [0.29, 0.717) is 24.3 Å². The van der Waals surface area contributed by atoms with Gasteiger partial charge in [-0.15, -0.1) is 0 Å². The van der Waals surface area contributed by atoms with Crippen molar-refractivity contribution >= 4 is 5.69 Å². The fourth-order valence-electron chi connectivity index (χ4n) is 1.65. The van der Waals surface area contributed by atoms with Crippen LogP contribution in [0.25, 0.3) is 0 Å². The van der Waals surface area contributed by atoms with Crippen LogP contribution in [0.5, 0.6) is 5.75 Å². The first kappa shape index (κ1) is 15.0. The quantitative estimate of drug-likeness (QED) is 0.600. The van der Waals surface area contributed by atoms with E-state index in [4.69, 9.17) is 10.00 Å². The van der Waals surface area contributed by atoms with Gasteiger partial charge in [-0.3, -0.25) is 10.1 Å². The number of nitriles is 1. The summed E-state index contributed by atoms with van der Waals surface area (Å²) in [4.78, 5) is 10.5. The minimum atomic E-state index is -0.454. The van der Waals surface area contributed by atoms with Crippen molar-refractivity contribution in [2.45, 2.75) is 34.1 Å². The van der Waals surface area contributed by atoms with E-state index in [-0.39, 0.29) is 5.69 Å². The lowest BCUT2D eigenvalue weighted by Gasteiger charge is -2.16. The van der Waals surface area contributed by atoms with Crippen molar-refractivity contribution in [3.63, 3.8) is 0 Å². The molecule has 102 valence electrons. The Morgan fingerprint density at radius 1 is 1.37 bits per heavy atom. The SMILES string of the molecule is Cc1cc(C)c([N+](=O)[O-])cc1OCCC(C)(C)C#N. The van der Waals surface area contributed by atoms with E-state index < -0.39 is 10.3 Å². The molecule has 0 amide bonds. The van der Waals surface area contributed by atoms with E-state index in [9.17, 15) is 10.1 Å². The first-order valence-electron chi connectivity index (χ1n) is 6.06. The highest BCUT2D eigenvalue weighted by Crippen LogP contribution is 2.29. The molecular weight excluding hydrogens is 244 g/mol. The lowest BCUT2D eigenvalue weighted by atomic mass is 9.92. The maximum Gasteiger partial charge on any atom is 0.276 e. The third-order valence-corrected chi connectivity index (χ3v) is 2.98. The largest absolute Gasteiger partial charge is 0.493 e. The lowest BCUT2D eigenvalue weighted by molar-refractivity contribution is -0.385. The number of ether oxygens (including phenoxy) is 1. The molecule has 5 nitrogen and oxygen atoms in total. The number of aryl methyl sites for hydroxylation is 2. The van der Waals surface area contributed by atoms with Crippen LogP contribution in [-0.4, -0.2) is 11.5 Å². The van der Waals surface area contributed by atoms with Crippen molar-refractivity contribution < 1.29 is 9.66 Å². The van der Waals surface area contributed by atoms with E-state index in [2.05, 4.69) is 6.07 Å². The van der Waals surface area contributed by atoms with Gasteiger partial charge in [0.25, 0.3) is 5.69 Å². The molecule has 0 unspecified atom stereocenters. The third-order valence-electron chi connectivity index (χ3n) is 2.98. The fraction of sp³-hybridized carbons (Fsp3) is 0.500. The van der Waals surface area contributed by atoms with Gasteiger partial charge in [0, 0.05) is 5.56 Å². The Morgan fingerprint density at radius 2 is 2.00 bits per heavy atom. The molecular formula is C14H18N2O3. The molecule has 5 heteroatoms. The number of benzene rings is 1. The molecule has 1 aromatic carbocycles. The molecule has 0 aromatic heterocycles. The molecule has 0 radical (unpaired) electrons. The zero-order valence-electron chi connectivity index (χ0n) is 11.7. The van der Waals surface area contributed by atoms with Crippen LogP contribution in [-0.2, 0) is 0 Å². The van der Waals surface area contributed by atoms with E-state index in [1.807, 2.05) is 20.8 Å². The molecule has 0 aliphatic carbocycles. The van der Waals surface area contributed by atoms with E-state index in [0.717, 1.165) is 5.56 Å². The minimum absolute atomic E-state index is 0.0557. The number of hydrogen-bond donors (Lipinski definition) is 0. The van der Waals surface area contributed by atoms with Gasteiger partial charge in [-0.2, -0.15) is 5.26 Å². The normalized spacial score (nSPS) is 10.9. The number of nitrogens with zero attached hydrogens (tertiary/aromatic N) is 2. The van der Waals surface area contributed by atoms with Gasteiger partial charge >= 0.3 is 0 Å². The Morgan fingerprint density at radius 3 is 2.53 bits per heavy atom. The van der Waals surface area contributed by atoms with Crippen LogP contribution in [0, 0.1) is 40.7 Å². The van der Waals surface area contributed by atoms with Crippen LogP contribution in [0.15, 0.2) is 12.1 Å². The second-order valence-corrected chi connectivity index (χ2v) is 5.26. The molecule has 0 atom stereocenters. The Bertz CT molecular complexity index is 530. The van der Waals surface area contributed by atoms with E-state index in [1.54, 1.807) is 13.0 Å². The van der Waals surface area contributed by atoms with Crippen LogP contribution >= 0.6 is 0 Å². The second-order valence-electron chi connectivity index (χ2n) is 5.26. The van der Waals surface area contributed by atoms with Crippen LogP contribution in [0.1, 0.15) is 31.4 Å². The molecule has 0 aliphatic rings. The number of hydrogen-bond acceptors (Lipinski definition) is 4. The summed E-state index contributed by atoms with van der Waals surface area (Å²) in [5.41, 5.74) is 1.08. The molecule has 0 fully saturated rings. The van der Waals surface area contributed by atoms with Crippen LogP contribution < -0.4 is 4.74 Å². The molecule has 0 spiro atoms. The zero-order chi connectivity index (χ0) is 14.6. The van der Waals surface area contributed by atoms with Crippen LogP contribution in [0.3, 0.4) is 0 Å². The predicted octanol–water partition coefficient (Wildman–Crippen LogP) is 3.53. The molecule has 0 N–H and O–H groups in total. The molecule has 0 saturated carbocycles. The highest BCUT2D eigenvalue weighted by molar-refractivity contribution is 5.49. The van der Waals surface area contributed by atoms with Gasteiger partial charge in [-0.05, 0) is 45.7 Å². The summed E-state index contributed by atoms with van der Waals surface area (Å²) >= 11 is 0. The maximum atomic E-state index is 10.9. The highest BCUT2D eigenvalue weighted by atomic mass is 16.6. The summed E-state index contributed by atoms with van der Waals surface area (Å²) in [7, 11) is 0. The smallest absolute Gasteiger partial charge is 0.276 e. The summed E-state index contributed by atoms with van der Waals surface area (Å²) in [5, 5.41) is 19.8. The Kier molecular flexibility index (Phi) is 4.49. The average Bonchev–Trinajstić information content (AvgIpc) is 2.31. The fourth-order valence-corrected chi connectivity index (χ4v) is 1.65.